The van der Waals surface area contributed by atoms with E-state index in [-0.39, 0.29) is 16.4 Å². The Balaban J connectivity index is 1.18. The fraction of sp³-hybridized carbons (Fsp3) is 0.364. The molecule has 0 aliphatic heterocycles. The van der Waals surface area contributed by atoms with Gasteiger partial charge in [-0.05, 0) is 155 Å². The second kappa shape index (κ2) is 22.8. The van der Waals surface area contributed by atoms with Gasteiger partial charge in [0.2, 0.25) is 0 Å². The number of benzene rings is 5. The van der Waals surface area contributed by atoms with E-state index >= 15 is 0 Å². The van der Waals surface area contributed by atoms with Crippen molar-refractivity contribution in [3.8, 4) is 48.5 Å². The molecule has 9 rings (SSSR count). The van der Waals surface area contributed by atoms with Crippen LogP contribution in [0.2, 0.25) is 0 Å². The van der Waals surface area contributed by atoms with Crippen LogP contribution in [0.1, 0.15) is 170 Å². The van der Waals surface area contributed by atoms with Crippen molar-refractivity contribution in [2.24, 2.45) is 0 Å². The minimum Gasteiger partial charge on any atom is -0.477 e. The summed E-state index contributed by atoms with van der Waals surface area (Å²) >= 11 is 3.37. The first kappa shape index (κ1) is 50.9. The molecule has 2 aromatic heterocycles. The molecule has 0 saturated heterocycles. The molecule has 0 fully saturated rings. The van der Waals surface area contributed by atoms with Gasteiger partial charge in [-0.2, -0.15) is 5.26 Å². The number of carboxylic acids is 1. The molecule has 1 N–H and O–H groups in total. The van der Waals surface area contributed by atoms with Crippen molar-refractivity contribution in [3.63, 3.8) is 0 Å². The number of fused-ring (bicyclic) bond motifs is 6. The molecule has 2 aliphatic rings. The van der Waals surface area contributed by atoms with Crippen LogP contribution < -0.4 is 4.90 Å². The zero-order chi connectivity index (χ0) is 50.2. The van der Waals surface area contributed by atoms with Crippen LogP contribution in [0.4, 0.5) is 17.1 Å². The number of carboxylic acid groups (broad SMARTS) is 1. The van der Waals surface area contributed by atoms with Gasteiger partial charge in [0.05, 0.1) is 0 Å². The van der Waals surface area contributed by atoms with E-state index in [4.69, 9.17) is 0 Å². The average molecular weight is 989 g/mol. The predicted octanol–water partition coefficient (Wildman–Crippen LogP) is 20.0. The molecule has 0 bridgehead atoms. The molecule has 2 heterocycles. The number of hydrogen-bond acceptors (Lipinski definition) is 5. The monoisotopic (exact) mass is 989 g/mol. The number of nitrogens with zero attached hydrogens (tertiary/aromatic N) is 2. The number of hydrogen-bond donors (Lipinski definition) is 1. The molecule has 370 valence electrons. The summed E-state index contributed by atoms with van der Waals surface area (Å²) in [5, 5.41) is 19.0. The predicted molar refractivity (Wildman–Crippen MR) is 307 cm³/mol. The molecular weight excluding hydrogens is 917 g/mol. The zero-order valence-corrected chi connectivity index (χ0v) is 44.9. The Morgan fingerprint density at radius 2 is 1.04 bits per heavy atom. The number of rotatable bonds is 24. The van der Waals surface area contributed by atoms with Crippen LogP contribution in [0.3, 0.4) is 0 Å². The van der Waals surface area contributed by atoms with E-state index in [1.807, 2.05) is 23.5 Å². The Hall–Kier alpha value is -6.00. The van der Waals surface area contributed by atoms with Gasteiger partial charge in [-0.15, -0.1) is 22.7 Å². The van der Waals surface area contributed by atoms with E-state index in [9.17, 15) is 15.2 Å². The summed E-state index contributed by atoms with van der Waals surface area (Å²) < 4.78 is 0. The zero-order valence-electron chi connectivity index (χ0n) is 43.3. The Labute approximate surface area is 438 Å². The van der Waals surface area contributed by atoms with Gasteiger partial charge in [-0.1, -0.05) is 178 Å². The average Bonchev–Trinajstić information content (AvgIpc) is 4.18. The number of aliphatic carboxylic acids is 1. The molecule has 7 aromatic rings. The number of anilines is 3. The van der Waals surface area contributed by atoms with Crippen LogP contribution in [0, 0.1) is 11.3 Å². The van der Waals surface area contributed by atoms with E-state index in [1.165, 1.54) is 153 Å². The third-order valence-corrected chi connectivity index (χ3v) is 18.3. The lowest BCUT2D eigenvalue weighted by atomic mass is 9.70. The van der Waals surface area contributed by atoms with Gasteiger partial charge in [-0.3, -0.25) is 0 Å². The van der Waals surface area contributed by atoms with E-state index < -0.39 is 5.97 Å². The molecular formula is C66H72N2O2S2. The first-order chi connectivity index (χ1) is 35.2. The van der Waals surface area contributed by atoms with E-state index in [0.717, 1.165) is 54.0 Å². The van der Waals surface area contributed by atoms with Crippen molar-refractivity contribution in [2.45, 2.75) is 155 Å². The summed E-state index contributed by atoms with van der Waals surface area (Å²) in [7, 11) is 0. The normalized spacial score (nSPS) is 13.9. The molecule has 72 heavy (non-hydrogen) atoms. The smallest absolute Gasteiger partial charge is 0.346 e. The molecule has 0 saturated carbocycles. The second-order valence-corrected chi connectivity index (χ2v) is 22.6. The molecule has 6 heteroatoms. The van der Waals surface area contributed by atoms with Crippen molar-refractivity contribution < 1.29 is 9.90 Å². The lowest BCUT2D eigenvalue weighted by Gasteiger charge is -2.35. The van der Waals surface area contributed by atoms with Crippen LogP contribution in [0.5, 0.6) is 0 Å². The van der Waals surface area contributed by atoms with E-state index in [0.29, 0.717) is 0 Å². The number of carbonyl (C=O) groups is 1. The van der Waals surface area contributed by atoms with Crippen LogP contribution >= 0.6 is 22.7 Å². The van der Waals surface area contributed by atoms with Crippen LogP contribution in [-0.4, -0.2) is 11.1 Å². The van der Waals surface area contributed by atoms with Crippen molar-refractivity contribution in [2.75, 3.05) is 4.90 Å². The summed E-state index contributed by atoms with van der Waals surface area (Å²) in [6.45, 7) is 11.6. The quantitative estimate of drug-likeness (QED) is 0.0372. The van der Waals surface area contributed by atoms with Crippen molar-refractivity contribution >= 4 is 51.8 Å². The first-order valence-electron chi connectivity index (χ1n) is 27.2. The van der Waals surface area contributed by atoms with Crippen LogP contribution in [0.15, 0.2) is 133 Å². The minimum absolute atomic E-state index is 0.0302. The largest absolute Gasteiger partial charge is 0.477 e. The maximum absolute atomic E-state index is 11.7. The highest BCUT2D eigenvalue weighted by molar-refractivity contribution is 7.24. The molecule has 0 amide bonds. The summed E-state index contributed by atoms with van der Waals surface area (Å²) in [6.07, 6.45) is 21.2. The van der Waals surface area contributed by atoms with E-state index in [1.54, 1.807) is 11.3 Å². The first-order valence-corrected chi connectivity index (χ1v) is 28.8. The Bertz CT molecular complexity index is 2950. The van der Waals surface area contributed by atoms with Gasteiger partial charge in [0.25, 0.3) is 0 Å². The lowest BCUT2D eigenvalue weighted by Crippen LogP contribution is -2.26. The third kappa shape index (κ3) is 9.80. The number of aryl methyl sites for hydroxylation is 1. The Morgan fingerprint density at radius 3 is 1.54 bits per heavy atom. The van der Waals surface area contributed by atoms with Crippen LogP contribution in [0.25, 0.3) is 48.5 Å². The molecule has 2 aliphatic carbocycles. The van der Waals surface area contributed by atoms with Crippen molar-refractivity contribution in [3.05, 3.63) is 166 Å². The van der Waals surface area contributed by atoms with Crippen molar-refractivity contribution in [1.29, 1.82) is 5.26 Å². The number of unbranched alkanes of at least 4 members (excludes halogenated alkanes) is 7. The van der Waals surface area contributed by atoms with Gasteiger partial charge in [0.1, 0.15) is 11.6 Å². The lowest BCUT2D eigenvalue weighted by molar-refractivity contribution is -0.132. The van der Waals surface area contributed by atoms with E-state index in [2.05, 4.69) is 161 Å². The highest BCUT2D eigenvalue weighted by Gasteiger charge is 2.44. The topological polar surface area (TPSA) is 64.3 Å². The second-order valence-electron chi connectivity index (χ2n) is 20.5. The highest BCUT2D eigenvalue weighted by atomic mass is 32.1. The summed E-state index contributed by atoms with van der Waals surface area (Å²) in [5.74, 6) is -1.20. The number of thiophene rings is 2. The SMILES string of the molecule is CCCCCCc1cc(-c2ccc(N(c3ccc4c(c3)C(CCCC)(CCCC)c3ccccc3-4)c3ccc4c(c3)C(CCCC)(CCCC)c3ccccc3-4)cc2)sc1-c1ccc(/C=C(\C#N)C(=O)O)s1. The molecule has 0 spiro atoms. The molecule has 0 unspecified atom stereocenters. The standard InChI is InChI=1S/C66H72N2O2S2/c1-6-11-16-17-22-47-42-62(72-63(47)61-36-33-52(71-61)41-48(45-67)64(69)70)46-27-29-49(30-28-46)68(50-31-34-55-53-23-18-20-25-57(53)65(37-12-7-2,38-13-8-3)59(55)43-50)51-32-35-56-54-24-19-21-26-58(54)66(39-14-9-4,40-15-10-5)60(56)44-51/h18-21,23-36,41-44H,6-17,22,37-40H2,1-5H3,(H,69,70)/b48-41+. The Kier molecular flexibility index (Phi) is 16.1. The summed E-state index contributed by atoms with van der Waals surface area (Å²) in [5.41, 5.74) is 17.3. The fourth-order valence-electron chi connectivity index (χ4n) is 12.2. The minimum atomic E-state index is -1.20. The summed E-state index contributed by atoms with van der Waals surface area (Å²) in [6, 6.07) is 50.9. The molecule has 4 nitrogen and oxygen atoms in total. The fourth-order valence-corrected chi connectivity index (χ4v) is 14.5. The van der Waals surface area contributed by atoms with Gasteiger partial charge in [0.15, 0.2) is 0 Å². The molecule has 0 radical (unpaired) electrons. The number of nitriles is 1. The molecule has 5 aromatic carbocycles. The summed E-state index contributed by atoms with van der Waals surface area (Å²) in [4.78, 5) is 18.6. The van der Waals surface area contributed by atoms with Crippen molar-refractivity contribution in [1.82, 2.24) is 0 Å². The highest BCUT2D eigenvalue weighted by Crippen LogP contribution is 2.58. The maximum Gasteiger partial charge on any atom is 0.346 e. The Morgan fingerprint density at radius 1 is 0.542 bits per heavy atom. The molecule has 0 atom stereocenters. The third-order valence-electron chi connectivity index (χ3n) is 15.9. The van der Waals surface area contributed by atoms with Gasteiger partial charge < -0.3 is 10.0 Å². The maximum atomic E-state index is 11.7. The van der Waals surface area contributed by atoms with Gasteiger partial charge >= 0.3 is 5.97 Å². The van der Waals surface area contributed by atoms with Gasteiger partial charge in [0, 0.05) is 47.4 Å². The van der Waals surface area contributed by atoms with Gasteiger partial charge in [-0.25, -0.2) is 4.79 Å². The van der Waals surface area contributed by atoms with Crippen LogP contribution in [-0.2, 0) is 22.0 Å².